The fourth-order valence-electron chi connectivity index (χ4n) is 5.02. The van der Waals surface area contributed by atoms with Crippen molar-refractivity contribution in [3.63, 3.8) is 0 Å². The van der Waals surface area contributed by atoms with E-state index in [1.54, 1.807) is 0 Å². The highest BCUT2D eigenvalue weighted by molar-refractivity contribution is 7.47. The third-order valence-electron chi connectivity index (χ3n) is 8.42. The Labute approximate surface area is 372 Å². The highest BCUT2D eigenvalue weighted by Gasteiger charge is 2.26. The number of likely N-dealkylation sites (N-methyl/N-ethyl adjacent to an activating group) is 1. The number of hydrogen-bond donors (Lipinski definition) is 1. The molecule has 0 aromatic carbocycles. The first kappa shape index (κ1) is 57.4. The predicted octanol–water partition coefficient (Wildman–Crippen LogP) is 13.7. The Morgan fingerprint density at radius 1 is 0.508 bits per heavy atom. The molecule has 0 saturated carbocycles. The molecular formula is C52H83NO7P+. The molecule has 0 bridgehead atoms. The molecule has 0 saturated heterocycles. The second kappa shape index (κ2) is 43.0. The van der Waals surface area contributed by atoms with E-state index in [1.165, 1.54) is 0 Å². The zero-order valence-electron chi connectivity index (χ0n) is 38.6. The van der Waals surface area contributed by atoms with E-state index in [-0.39, 0.29) is 26.2 Å². The molecule has 0 aliphatic carbocycles. The minimum atomic E-state index is -4.32. The van der Waals surface area contributed by atoms with Crippen LogP contribution in [0.15, 0.2) is 146 Å². The molecule has 0 heterocycles. The Hall–Kier alpha value is -3.62. The van der Waals surface area contributed by atoms with E-state index in [9.17, 15) is 14.3 Å². The molecule has 0 aliphatic heterocycles. The lowest BCUT2D eigenvalue weighted by molar-refractivity contribution is -0.870. The molecule has 0 spiro atoms. The highest BCUT2D eigenvalue weighted by Crippen LogP contribution is 2.43. The van der Waals surface area contributed by atoms with Crippen LogP contribution in [0.1, 0.15) is 117 Å². The lowest BCUT2D eigenvalue weighted by atomic mass is 10.2. The molecular weight excluding hydrogens is 782 g/mol. The smallest absolute Gasteiger partial charge is 0.457 e. The molecule has 9 heteroatoms. The molecule has 61 heavy (non-hydrogen) atoms. The van der Waals surface area contributed by atoms with Crippen molar-refractivity contribution in [1.29, 1.82) is 0 Å². The third-order valence-corrected chi connectivity index (χ3v) is 9.40. The molecule has 0 fully saturated rings. The molecule has 0 aromatic rings. The fraction of sp³-hybridized carbons (Fsp3) is 0.519. The SMILES string of the molecule is CC/C=C\C/C=C\C/C=C\C/C=C\C/C=C\C/C=C\C/C=C\CCCC(=O)OC(COCC/C=C\C/C=C\C/C=C\C/C=C\C/C=C\CC)COP(=O)(O)OCC[N+](C)(C)C. The Bertz CT molecular complexity index is 1470. The van der Waals surface area contributed by atoms with Gasteiger partial charge in [-0.05, 0) is 96.3 Å². The summed E-state index contributed by atoms with van der Waals surface area (Å²) in [7, 11) is 1.55. The first-order valence-electron chi connectivity index (χ1n) is 22.6. The van der Waals surface area contributed by atoms with Gasteiger partial charge in [-0.3, -0.25) is 13.8 Å². The average molecular weight is 865 g/mol. The van der Waals surface area contributed by atoms with Crippen LogP contribution in [0.3, 0.4) is 0 Å². The van der Waals surface area contributed by atoms with E-state index in [0.29, 0.717) is 30.5 Å². The van der Waals surface area contributed by atoms with Crippen molar-refractivity contribution >= 4 is 13.8 Å². The molecule has 0 radical (unpaired) electrons. The number of carbonyl (C=O) groups is 1. The van der Waals surface area contributed by atoms with Gasteiger partial charge in [0.05, 0.1) is 41.0 Å². The highest BCUT2D eigenvalue weighted by atomic mass is 31.2. The second-order valence-electron chi connectivity index (χ2n) is 15.3. The van der Waals surface area contributed by atoms with Crippen LogP contribution in [-0.2, 0) is 27.9 Å². The molecule has 342 valence electrons. The molecule has 2 atom stereocenters. The van der Waals surface area contributed by atoms with Crippen molar-refractivity contribution in [1.82, 2.24) is 0 Å². The number of phosphoric acid groups is 1. The predicted molar refractivity (Wildman–Crippen MR) is 260 cm³/mol. The molecule has 0 aromatic heterocycles. The molecule has 2 unspecified atom stereocenters. The van der Waals surface area contributed by atoms with Crippen molar-refractivity contribution < 1.29 is 37.3 Å². The average Bonchev–Trinajstić information content (AvgIpc) is 3.22. The summed E-state index contributed by atoms with van der Waals surface area (Å²) in [4.78, 5) is 22.9. The van der Waals surface area contributed by atoms with Crippen LogP contribution in [0.4, 0.5) is 0 Å². The summed E-state index contributed by atoms with van der Waals surface area (Å²) in [6.07, 6.45) is 64.9. The monoisotopic (exact) mass is 865 g/mol. The molecule has 1 N–H and O–H groups in total. The quantitative estimate of drug-likeness (QED) is 0.0216. The van der Waals surface area contributed by atoms with Gasteiger partial charge in [-0.25, -0.2) is 4.57 Å². The van der Waals surface area contributed by atoms with Crippen molar-refractivity contribution in [2.24, 2.45) is 0 Å². The summed E-state index contributed by atoms with van der Waals surface area (Å²) in [5, 5.41) is 0. The number of carbonyl (C=O) groups excluding carboxylic acids is 1. The summed E-state index contributed by atoms with van der Waals surface area (Å²) in [5.74, 6) is -0.404. The van der Waals surface area contributed by atoms with Crippen LogP contribution in [0.5, 0.6) is 0 Å². The van der Waals surface area contributed by atoms with Gasteiger partial charge >= 0.3 is 13.8 Å². The van der Waals surface area contributed by atoms with Gasteiger partial charge in [0.15, 0.2) is 0 Å². The third kappa shape index (κ3) is 47.3. The van der Waals surface area contributed by atoms with E-state index in [2.05, 4.69) is 160 Å². The molecule has 0 rings (SSSR count). The minimum Gasteiger partial charge on any atom is -0.457 e. The summed E-state index contributed by atoms with van der Waals surface area (Å²) in [6, 6.07) is 0. The van der Waals surface area contributed by atoms with Crippen LogP contribution in [-0.4, -0.2) is 75.6 Å². The van der Waals surface area contributed by atoms with Gasteiger partial charge in [-0.1, -0.05) is 160 Å². The number of esters is 1. The van der Waals surface area contributed by atoms with Crippen molar-refractivity contribution in [3.8, 4) is 0 Å². The number of unbranched alkanes of at least 4 members (excludes halogenated alkanes) is 1. The summed E-state index contributed by atoms with van der Waals surface area (Å²) >= 11 is 0. The summed E-state index contributed by atoms with van der Waals surface area (Å²) < 4.78 is 34.8. The minimum absolute atomic E-state index is 0.0428. The van der Waals surface area contributed by atoms with Gasteiger partial charge in [0.25, 0.3) is 0 Å². The Balaban J connectivity index is 4.48. The number of nitrogens with zero attached hydrogens (tertiary/aromatic N) is 1. The first-order chi connectivity index (χ1) is 29.6. The maximum atomic E-state index is 12.7. The zero-order valence-corrected chi connectivity index (χ0v) is 39.5. The van der Waals surface area contributed by atoms with E-state index in [1.807, 2.05) is 21.1 Å². The normalized spacial score (nSPS) is 15.0. The van der Waals surface area contributed by atoms with Crippen LogP contribution in [0.25, 0.3) is 0 Å². The van der Waals surface area contributed by atoms with Crippen LogP contribution < -0.4 is 0 Å². The summed E-state index contributed by atoms with van der Waals surface area (Å²) in [5.41, 5.74) is 0. The van der Waals surface area contributed by atoms with E-state index < -0.39 is 19.9 Å². The second-order valence-corrected chi connectivity index (χ2v) is 16.8. The lowest BCUT2D eigenvalue weighted by Crippen LogP contribution is -2.37. The standard InChI is InChI=1S/C52H82NO7P/c1-6-8-10-12-14-16-18-20-22-24-25-26-27-28-29-30-31-33-35-37-39-41-43-45-52(54)60-51(50-59-61(55,56)58-48-46-53(3,4)5)49-57-47-44-42-40-38-36-34-32-23-21-19-17-15-13-11-9-7-2/h8-11,14-17,20-23,25-26,28-29,31,33-34,36-37,39-40,42,51H,6-7,12-13,18-19,24,27,30,32,35,38,41,43-50H2,1-5H3/p+1/b10-8-,11-9-,16-14-,17-15-,22-20-,23-21-,26-25-,29-28-,33-31-,36-34-,39-37-,42-40-. The Kier molecular flexibility index (Phi) is 40.5. The van der Waals surface area contributed by atoms with Crippen molar-refractivity contribution in [3.05, 3.63) is 146 Å². The van der Waals surface area contributed by atoms with E-state index >= 15 is 0 Å². The van der Waals surface area contributed by atoms with Crippen LogP contribution in [0, 0.1) is 0 Å². The largest absolute Gasteiger partial charge is 0.472 e. The number of hydrogen-bond acceptors (Lipinski definition) is 6. The molecule has 0 amide bonds. The summed E-state index contributed by atoms with van der Waals surface area (Å²) in [6.45, 7) is 5.02. The molecule has 0 aliphatic rings. The first-order valence-corrected chi connectivity index (χ1v) is 24.1. The van der Waals surface area contributed by atoms with Gasteiger partial charge in [-0.15, -0.1) is 0 Å². The van der Waals surface area contributed by atoms with Crippen LogP contribution in [0.2, 0.25) is 0 Å². The lowest BCUT2D eigenvalue weighted by Gasteiger charge is -2.24. The van der Waals surface area contributed by atoms with E-state index in [4.69, 9.17) is 18.5 Å². The fourth-order valence-corrected chi connectivity index (χ4v) is 5.76. The number of ether oxygens (including phenoxy) is 2. The van der Waals surface area contributed by atoms with Gasteiger partial charge in [0, 0.05) is 6.42 Å². The van der Waals surface area contributed by atoms with Gasteiger partial charge in [0.2, 0.25) is 0 Å². The van der Waals surface area contributed by atoms with E-state index in [0.717, 1.165) is 83.5 Å². The zero-order chi connectivity index (χ0) is 44.8. The number of phosphoric ester groups is 1. The number of allylic oxidation sites excluding steroid dienone is 23. The van der Waals surface area contributed by atoms with Gasteiger partial charge in [0.1, 0.15) is 19.3 Å². The van der Waals surface area contributed by atoms with Gasteiger partial charge < -0.3 is 18.9 Å². The van der Waals surface area contributed by atoms with Crippen molar-refractivity contribution in [2.45, 2.75) is 123 Å². The Morgan fingerprint density at radius 2 is 0.869 bits per heavy atom. The van der Waals surface area contributed by atoms with Gasteiger partial charge in [-0.2, -0.15) is 0 Å². The molecule has 8 nitrogen and oxygen atoms in total. The van der Waals surface area contributed by atoms with Crippen LogP contribution >= 0.6 is 7.82 Å². The number of quaternary nitrogens is 1. The maximum absolute atomic E-state index is 12.7. The topological polar surface area (TPSA) is 91.3 Å². The Morgan fingerprint density at radius 3 is 1.25 bits per heavy atom. The van der Waals surface area contributed by atoms with Crippen molar-refractivity contribution in [2.75, 3.05) is 54.1 Å². The number of rotatable bonds is 39. The maximum Gasteiger partial charge on any atom is 0.472 e.